The summed E-state index contributed by atoms with van der Waals surface area (Å²) < 4.78 is 5.12. The van der Waals surface area contributed by atoms with Gasteiger partial charge in [0.25, 0.3) is 0 Å². The molecule has 0 fully saturated rings. The molecule has 0 unspecified atom stereocenters. The smallest absolute Gasteiger partial charge is 0.227 e. The molecule has 0 aromatic carbocycles. The van der Waals surface area contributed by atoms with Crippen LogP contribution < -0.4 is 0 Å². The summed E-state index contributed by atoms with van der Waals surface area (Å²) in [5.41, 5.74) is 0. The number of aryl methyl sites for hydroxylation is 1. The van der Waals surface area contributed by atoms with Gasteiger partial charge in [-0.05, 0) is 11.4 Å². The second-order valence-electron chi connectivity index (χ2n) is 4.21. The number of carbonyl (C=O) groups is 1. The molecule has 1 amide bonds. The van der Waals surface area contributed by atoms with Crippen molar-refractivity contribution in [1.29, 1.82) is 5.26 Å². The molecular weight excluding hydrogens is 276 g/mol. The summed E-state index contributed by atoms with van der Waals surface area (Å²) in [5.74, 6) is 0.979. The average molecular weight is 290 g/mol. The first-order chi connectivity index (χ1) is 9.70. The highest BCUT2D eigenvalue weighted by atomic mass is 32.1. The van der Waals surface area contributed by atoms with Crippen LogP contribution in [-0.4, -0.2) is 34.5 Å². The molecule has 0 aliphatic heterocycles. The summed E-state index contributed by atoms with van der Waals surface area (Å²) in [4.78, 5) is 18.5. The van der Waals surface area contributed by atoms with Crippen LogP contribution in [-0.2, 0) is 11.2 Å². The van der Waals surface area contributed by atoms with Crippen molar-refractivity contribution >= 4 is 17.2 Å². The van der Waals surface area contributed by atoms with Gasteiger partial charge in [0.1, 0.15) is 0 Å². The van der Waals surface area contributed by atoms with Gasteiger partial charge in [-0.25, -0.2) is 0 Å². The third kappa shape index (κ3) is 3.65. The Morgan fingerprint density at radius 1 is 1.60 bits per heavy atom. The molecule has 0 saturated carbocycles. The zero-order valence-corrected chi connectivity index (χ0v) is 11.9. The Labute approximate surface area is 120 Å². The molecule has 2 aromatic heterocycles. The lowest BCUT2D eigenvalue weighted by atomic mass is 10.2. The number of hydrogen-bond donors (Lipinski definition) is 0. The Bertz CT molecular complexity index is 600. The van der Waals surface area contributed by atoms with E-state index in [1.807, 2.05) is 23.6 Å². The monoisotopic (exact) mass is 290 g/mol. The molecule has 0 bridgehead atoms. The van der Waals surface area contributed by atoms with Crippen LogP contribution in [0, 0.1) is 11.3 Å². The van der Waals surface area contributed by atoms with Gasteiger partial charge in [-0.2, -0.15) is 10.2 Å². The summed E-state index contributed by atoms with van der Waals surface area (Å²) >= 11 is 1.54. The Kier molecular flexibility index (Phi) is 4.85. The molecule has 6 nitrogen and oxygen atoms in total. The minimum absolute atomic E-state index is 0.0314. The van der Waals surface area contributed by atoms with Crippen molar-refractivity contribution in [3.63, 3.8) is 0 Å². The first-order valence-electron chi connectivity index (χ1n) is 6.18. The first kappa shape index (κ1) is 14.2. The Morgan fingerprint density at radius 3 is 3.15 bits per heavy atom. The lowest BCUT2D eigenvalue weighted by Crippen LogP contribution is -2.27. The maximum atomic E-state index is 11.8. The zero-order chi connectivity index (χ0) is 14.4. The van der Waals surface area contributed by atoms with E-state index in [1.165, 1.54) is 11.3 Å². The maximum Gasteiger partial charge on any atom is 0.227 e. The maximum absolute atomic E-state index is 11.8. The van der Waals surface area contributed by atoms with Crippen LogP contribution in [0.3, 0.4) is 0 Å². The largest absolute Gasteiger partial charge is 0.345 e. The second kappa shape index (κ2) is 6.82. The van der Waals surface area contributed by atoms with Gasteiger partial charge in [0.15, 0.2) is 0 Å². The van der Waals surface area contributed by atoms with E-state index in [2.05, 4.69) is 10.1 Å². The Hall–Kier alpha value is -2.20. The van der Waals surface area contributed by atoms with E-state index < -0.39 is 0 Å². The zero-order valence-electron chi connectivity index (χ0n) is 11.1. The quantitative estimate of drug-likeness (QED) is 0.813. The predicted molar refractivity (Wildman–Crippen MR) is 73.8 cm³/mol. The standard InChI is InChI=1S/C13H14N4O2S/c1-17(8-3-7-14)12(18)6-5-11-15-13(16-19-11)10-4-2-9-20-10/h2,4,9H,3,5-6,8H2,1H3. The summed E-state index contributed by atoms with van der Waals surface area (Å²) in [7, 11) is 1.69. The highest BCUT2D eigenvalue weighted by Crippen LogP contribution is 2.21. The molecule has 104 valence electrons. The number of aromatic nitrogens is 2. The van der Waals surface area contributed by atoms with Crippen molar-refractivity contribution in [3.05, 3.63) is 23.4 Å². The van der Waals surface area contributed by atoms with Crippen molar-refractivity contribution in [2.24, 2.45) is 0 Å². The van der Waals surface area contributed by atoms with Gasteiger partial charge in [-0.15, -0.1) is 11.3 Å². The van der Waals surface area contributed by atoms with Gasteiger partial charge < -0.3 is 9.42 Å². The minimum Gasteiger partial charge on any atom is -0.345 e. The normalized spacial score (nSPS) is 10.2. The fourth-order valence-corrected chi connectivity index (χ4v) is 2.26. The molecule has 2 heterocycles. The molecular formula is C13H14N4O2S. The van der Waals surface area contributed by atoms with E-state index in [0.29, 0.717) is 37.5 Å². The number of nitrogens with zero attached hydrogens (tertiary/aromatic N) is 4. The van der Waals surface area contributed by atoms with Gasteiger partial charge in [0.2, 0.25) is 17.6 Å². The topological polar surface area (TPSA) is 83.0 Å². The van der Waals surface area contributed by atoms with Crippen molar-refractivity contribution in [1.82, 2.24) is 15.0 Å². The van der Waals surface area contributed by atoms with Gasteiger partial charge in [-0.1, -0.05) is 11.2 Å². The van der Waals surface area contributed by atoms with Gasteiger partial charge in [0, 0.05) is 26.4 Å². The molecule has 0 radical (unpaired) electrons. The summed E-state index contributed by atoms with van der Waals surface area (Å²) in [6, 6.07) is 5.85. The molecule has 0 aliphatic carbocycles. The Morgan fingerprint density at radius 2 is 2.45 bits per heavy atom. The van der Waals surface area contributed by atoms with E-state index in [9.17, 15) is 4.79 Å². The van der Waals surface area contributed by atoms with Gasteiger partial charge >= 0.3 is 0 Å². The number of rotatable bonds is 6. The van der Waals surface area contributed by atoms with Crippen LogP contribution in [0.15, 0.2) is 22.0 Å². The number of hydrogen-bond acceptors (Lipinski definition) is 6. The van der Waals surface area contributed by atoms with Crippen LogP contribution in [0.2, 0.25) is 0 Å². The number of carbonyl (C=O) groups excluding carboxylic acids is 1. The van der Waals surface area contributed by atoms with Crippen LogP contribution in [0.25, 0.3) is 10.7 Å². The van der Waals surface area contributed by atoms with Crippen molar-refractivity contribution < 1.29 is 9.32 Å². The van der Waals surface area contributed by atoms with Crippen molar-refractivity contribution in [3.8, 4) is 16.8 Å². The highest BCUT2D eigenvalue weighted by Gasteiger charge is 2.13. The van der Waals surface area contributed by atoms with Crippen LogP contribution in [0.4, 0.5) is 0 Å². The lowest BCUT2D eigenvalue weighted by molar-refractivity contribution is -0.129. The molecule has 0 aliphatic rings. The third-order valence-electron chi connectivity index (χ3n) is 2.75. The molecule has 0 atom stereocenters. The van der Waals surface area contributed by atoms with Gasteiger partial charge in [0.05, 0.1) is 17.4 Å². The van der Waals surface area contributed by atoms with Crippen LogP contribution in [0.5, 0.6) is 0 Å². The predicted octanol–water partition coefficient (Wildman–Crippen LogP) is 2.10. The Balaban J connectivity index is 1.86. The van der Waals surface area contributed by atoms with E-state index in [4.69, 9.17) is 9.78 Å². The lowest BCUT2D eigenvalue weighted by Gasteiger charge is -2.14. The second-order valence-corrected chi connectivity index (χ2v) is 5.16. The summed E-state index contributed by atoms with van der Waals surface area (Å²) in [5, 5.41) is 14.3. The van der Waals surface area contributed by atoms with E-state index >= 15 is 0 Å². The minimum atomic E-state index is -0.0314. The molecule has 0 saturated heterocycles. The number of nitriles is 1. The molecule has 0 N–H and O–H groups in total. The SMILES string of the molecule is CN(CCC#N)C(=O)CCc1nc(-c2cccs2)no1. The number of thiophene rings is 1. The summed E-state index contributed by atoms with van der Waals surface area (Å²) in [6.07, 6.45) is 1.05. The summed E-state index contributed by atoms with van der Waals surface area (Å²) in [6.45, 7) is 0.444. The van der Waals surface area contributed by atoms with E-state index in [0.717, 1.165) is 4.88 Å². The van der Waals surface area contributed by atoms with Crippen LogP contribution >= 0.6 is 11.3 Å². The molecule has 2 aromatic rings. The fraction of sp³-hybridized carbons (Fsp3) is 0.385. The van der Waals surface area contributed by atoms with Crippen LogP contribution in [0.1, 0.15) is 18.7 Å². The van der Waals surface area contributed by atoms with E-state index in [1.54, 1.807) is 11.9 Å². The molecule has 0 spiro atoms. The number of amides is 1. The molecule has 20 heavy (non-hydrogen) atoms. The third-order valence-corrected chi connectivity index (χ3v) is 3.61. The van der Waals surface area contributed by atoms with Crippen molar-refractivity contribution in [2.75, 3.05) is 13.6 Å². The fourth-order valence-electron chi connectivity index (χ4n) is 1.61. The van der Waals surface area contributed by atoms with Crippen molar-refractivity contribution in [2.45, 2.75) is 19.3 Å². The van der Waals surface area contributed by atoms with E-state index in [-0.39, 0.29) is 5.91 Å². The van der Waals surface area contributed by atoms with Gasteiger partial charge in [-0.3, -0.25) is 4.79 Å². The highest BCUT2D eigenvalue weighted by molar-refractivity contribution is 7.13. The average Bonchev–Trinajstić information content (AvgIpc) is 3.12. The molecule has 2 rings (SSSR count). The first-order valence-corrected chi connectivity index (χ1v) is 7.06. The molecule has 7 heteroatoms.